The van der Waals surface area contributed by atoms with Crippen molar-refractivity contribution in [3.8, 4) is 51.8 Å². The lowest BCUT2D eigenvalue weighted by molar-refractivity contribution is 1.18. The largest absolute Gasteiger partial charge is 0.309 e. The van der Waals surface area contributed by atoms with Crippen LogP contribution in [-0.4, -0.2) is 9.13 Å². The number of hydrogen-bond donors (Lipinski definition) is 0. The van der Waals surface area contributed by atoms with Crippen molar-refractivity contribution in [1.29, 1.82) is 15.8 Å². The van der Waals surface area contributed by atoms with E-state index in [1.807, 2.05) is 60.7 Å². The van der Waals surface area contributed by atoms with Crippen LogP contribution in [0.5, 0.6) is 0 Å². The van der Waals surface area contributed by atoms with Gasteiger partial charge < -0.3 is 9.13 Å². The molecule has 0 bridgehead atoms. The zero-order valence-corrected chi connectivity index (χ0v) is 26.7. The number of nitriles is 3. The molecule has 0 aliphatic heterocycles. The molecular formula is C45H25N5. The summed E-state index contributed by atoms with van der Waals surface area (Å²) in [7, 11) is 0. The van der Waals surface area contributed by atoms with Gasteiger partial charge in [0.1, 0.15) is 0 Å². The number of para-hydroxylation sites is 3. The van der Waals surface area contributed by atoms with Gasteiger partial charge >= 0.3 is 0 Å². The minimum atomic E-state index is 0.509. The van der Waals surface area contributed by atoms with Crippen molar-refractivity contribution in [1.82, 2.24) is 9.13 Å². The van der Waals surface area contributed by atoms with Gasteiger partial charge in [0, 0.05) is 38.4 Å². The maximum atomic E-state index is 10.5. The Kier molecular flexibility index (Phi) is 6.56. The van der Waals surface area contributed by atoms with E-state index in [4.69, 9.17) is 0 Å². The standard InChI is InChI=1S/C45H25N5/c46-26-29-17-23-43-39(24-29)37-11-3-6-15-42(37)50(43)44-25-30(27-47)16-22-38(44)45-32(28-48)8-7-12-34(45)31-18-20-33(21-19-31)49-40-13-4-1-9-35(40)36-10-2-5-14-41(36)49/h1-25H. The SMILES string of the molecule is N#Cc1ccc(-c2c(C#N)cccc2-c2ccc(-n3c4ccccc4c4ccccc43)cc2)c(-n2c3ccccc3c3cc(C#N)ccc32)c1. The van der Waals surface area contributed by atoms with Crippen LogP contribution in [0.1, 0.15) is 16.7 Å². The topological polar surface area (TPSA) is 81.2 Å². The van der Waals surface area contributed by atoms with Crippen LogP contribution < -0.4 is 0 Å². The zero-order valence-electron chi connectivity index (χ0n) is 26.7. The molecule has 0 saturated carbocycles. The third-order valence-corrected chi connectivity index (χ3v) is 9.64. The maximum Gasteiger partial charge on any atom is 0.0998 e. The average molecular weight is 636 g/mol. The summed E-state index contributed by atoms with van der Waals surface area (Å²) in [5.74, 6) is 0. The molecule has 0 atom stereocenters. The first kappa shape index (κ1) is 28.8. The van der Waals surface area contributed by atoms with E-state index in [0.29, 0.717) is 16.7 Å². The smallest absolute Gasteiger partial charge is 0.0998 e. The van der Waals surface area contributed by atoms with E-state index in [0.717, 1.165) is 66.5 Å². The van der Waals surface area contributed by atoms with Crippen LogP contribution in [0.15, 0.2) is 152 Å². The highest BCUT2D eigenvalue weighted by molar-refractivity contribution is 6.11. The van der Waals surface area contributed by atoms with Crippen molar-refractivity contribution in [3.05, 3.63) is 168 Å². The van der Waals surface area contributed by atoms with E-state index < -0.39 is 0 Å². The first-order chi connectivity index (χ1) is 24.7. The monoisotopic (exact) mass is 635 g/mol. The van der Waals surface area contributed by atoms with Gasteiger partial charge in [0.2, 0.25) is 0 Å². The molecule has 7 aromatic carbocycles. The van der Waals surface area contributed by atoms with Crippen molar-refractivity contribution in [3.63, 3.8) is 0 Å². The summed E-state index contributed by atoms with van der Waals surface area (Å²) < 4.78 is 4.44. The molecule has 5 heteroatoms. The zero-order chi connectivity index (χ0) is 33.8. The fourth-order valence-corrected chi connectivity index (χ4v) is 7.47. The second-order valence-corrected chi connectivity index (χ2v) is 12.3. The molecule has 0 unspecified atom stereocenters. The lowest BCUT2D eigenvalue weighted by Crippen LogP contribution is -2.01. The molecule has 2 aromatic heterocycles. The Balaban J connectivity index is 1.27. The number of benzene rings is 7. The van der Waals surface area contributed by atoms with E-state index in [2.05, 4.69) is 118 Å². The molecule has 0 fully saturated rings. The van der Waals surface area contributed by atoms with Gasteiger partial charge in [0.25, 0.3) is 0 Å². The van der Waals surface area contributed by atoms with Crippen molar-refractivity contribution >= 4 is 43.6 Å². The minimum Gasteiger partial charge on any atom is -0.309 e. The van der Waals surface area contributed by atoms with Gasteiger partial charge in [-0.2, -0.15) is 15.8 Å². The van der Waals surface area contributed by atoms with Gasteiger partial charge in [0.05, 0.1) is 62.7 Å². The number of fused-ring (bicyclic) bond motifs is 6. The number of rotatable bonds is 4. The highest BCUT2D eigenvalue weighted by Gasteiger charge is 2.21. The first-order valence-corrected chi connectivity index (χ1v) is 16.3. The summed E-state index contributed by atoms with van der Waals surface area (Å²) in [5.41, 5.74) is 11.1. The van der Waals surface area contributed by atoms with Crippen molar-refractivity contribution in [2.24, 2.45) is 0 Å². The van der Waals surface area contributed by atoms with E-state index in [9.17, 15) is 15.8 Å². The third kappa shape index (κ3) is 4.31. The third-order valence-electron chi connectivity index (χ3n) is 9.64. The Morgan fingerprint density at radius 2 is 0.960 bits per heavy atom. The van der Waals surface area contributed by atoms with Crippen LogP contribution in [0, 0.1) is 34.0 Å². The summed E-state index contributed by atoms with van der Waals surface area (Å²) in [6.45, 7) is 0. The van der Waals surface area contributed by atoms with Crippen LogP contribution >= 0.6 is 0 Å². The number of hydrogen-bond acceptors (Lipinski definition) is 3. The Morgan fingerprint density at radius 1 is 0.400 bits per heavy atom. The van der Waals surface area contributed by atoms with Crippen LogP contribution in [0.25, 0.3) is 77.2 Å². The maximum absolute atomic E-state index is 10.5. The fourth-order valence-electron chi connectivity index (χ4n) is 7.47. The van der Waals surface area contributed by atoms with Gasteiger partial charge in [-0.1, -0.05) is 84.9 Å². The van der Waals surface area contributed by atoms with E-state index >= 15 is 0 Å². The molecule has 0 aliphatic carbocycles. The number of aromatic nitrogens is 2. The Hall–Kier alpha value is -7.39. The molecule has 0 N–H and O–H groups in total. The van der Waals surface area contributed by atoms with Crippen LogP contribution in [0.2, 0.25) is 0 Å². The summed E-state index contributed by atoms with van der Waals surface area (Å²) in [5, 5.41) is 34.6. The van der Waals surface area contributed by atoms with Crippen LogP contribution in [-0.2, 0) is 0 Å². The Labute approximate surface area is 287 Å². The molecule has 9 aromatic rings. The lowest BCUT2D eigenvalue weighted by atomic mass is 9.89. The molecule has 9 rings (SSSR count). The molecule has 2 heterocycles. The molecule has 0 radical (unpaired) electrons. The lowest BCUT2D eigenvalue weighted by Gasteiger charge is -2.19. The van der Waals surface area contributed by atoms with Crippen LogP contribution in [0.4, 0.5) is 0 Å². The highest BCUT2D eigenvalue weighted by atomic mass is 15.0. The van der Waals surface area contributed by atoms with Gasteiger partial charge in [-0.25, -0.2) is 0 Å². The first-order valence-electron chi connectivity index (χ1n) is 16.3. The predicted octanol–water partition coefficient (Wildman–Crippen LogP) is 10.8. The number of nitrogens with zero attached hydrogens (tertiary/aromatic N) is 5. The molecule has 0 spiro atoms. The summed E-state index contributed by atoms with van der Waals surface area (Å²) in [6, 6.07) is 57.7. The highest BCUT2D eigenvalue weighted by Crippen LogP contribution is 2.42. The van der Waals surface area contributed by atoms with Gasteiger partial charge in [-0.15, -0.1) is 0 Å². The molecule has 50 heavy (non-hydrogen) atoms. The van der Waals surface area contributed by atoms with Crippen molar-refractivity contribution in [2.45, 2.75) is 0 Å². The molecule has 5 nitrogen and oxygen atoms in total. The van der Waals surface area contributed by atoms with Crippen molar-refractivity contribution in [2.75, 3.05) is 0 Å². The minimum absolute atomic E-state index is 0.509. The molecule has 0 amide bonds. The average Bonchev–Trinajstić information content (AvgIpc) is 3.70. The Bertz CT molecular complexity index is 2900. The fraction of sp³-hybridized carbons (Fsp3) is 0. The molecule has 0 aliphatic rings. The normalized spacial score (nSPS) is 11.1. The second-order valence-electron chi connectivity index (χ2n) is 12.3. The second kappa shape index (κ2) is 11.4. The van der Waals surface area contributed by atoms with E-state index in [-0.39, 0.29) is 0 Å². The van der Waals surface area contributed by atoms with E-state index in [1.54, 1.807) is 0 Å². The quantitative estimate of drug-likeness (QED) is 0.193. The van der Waals surface area contributed by atoms with Gasteiger partial charge in [0.15, 0.2) is 0 Å². The van der Waals surface area contributed by atoms with E-state index in [1.165, 1.54) is 10.8 Å². The Morgan fingerprint density at radius 3 is 1.60 bits per heavy atom. The molecular weight excluding hydrogens is 611 g/mol. The molecule has 0 saturated heterocycles. The summed E-state index contributed by atoms with van der Waals surface area (Å²) >= 11 is 0. The van der Waals surface area contributed by atoms with Gasteiger partial charge in [-0.05, 0) is 77.9 Å². The van der Waals surface area contributed by atoms with Crippen molar-refractivity contribution < 1.29 is 0 Å². The van der Waals surface area contributed by atoms with Crippen LogP contribution in [0.3, 0.4) is 0 Å². The molecule has 230 valence electrons. The predicted molar refractivity (Wildman–Crippen MR) is 200 cm³/mol. The summed E-state index contributed by atoms with van der Waals surface area (Å²) in [4.78, 5) is 0. The van der Waals surface area contributed by atoms with Gasteiger partial charge in [-0.3, -0.25) is 0 Å². The summed E-state index contributed by atoms with van der Waals surface area (Å²) in [6.07, 6.45) is 0.